The van der Waals surface area contributed by atoms with Gasteiger partial charge in [-0.05, 0) is 25.0 Å². The Kier molecular flexibility index (Phi) is 7.31. The van der Waals surface area contributed by atoms with Gasteiger partial charge in [0.05, 0.1) is 22.1 Å². The predicted octanol–water partition coefficient (Wildman–Crippen LogP) is 3.46. The van der Waals surface area contributed by atoms with Gasteiger partial charge in [0.15, 0.2) is 0 Å². The minimum atomic E-state index is -0.780. The Bertz CT molecular complexity index is 836. The summed E-state index contributed by atoms with van der Waals surface area (Å²) in [6.07, 6.45) is 0.947. The highest BCUT2D eigenvalue weighted by atomic mass is 35.5. The molecule has 0 aliphatic heterocycles. The lowest BCUT2D eigenvalue weighted by molar-refractivity contribution is -0.384. The summed E-state index contributed by atoms with van der Waals surface area (Å²) in [5.41, 5.74) is 1.89. The van der Waals surface area contributed by atoms with Crippen LogP contribution in [0.1, 0.15) is 27.9 Å². The molecule has 0 unspecified atom stereocenters. The molecule has 1 amide bonds. The summed E-state index contributed by atoms with van der Waals surface area (Å²) in [6, 6.07) is 11.5. The summed E-state index contributed by atoms with van der Waals surface area (Å²) in [7, 11) is 0. The number of aryl methyl sites for hydroxylation is 2. The number of hydrogen-bond acceptors (Lipinski definition) is 5. The second kappa shape index (κ2) is 9.68. The van der Waals surface area contributed by atoms with E-state index in [9.17, 15) is 19.7 Å². The fourth-order valence-electron chi connectivity index (χ4n) is 2.30. The summed E-state index contributed by atoms with van der Waals surface area (Å²) in [4.78, 5) is 33.9. The van der Waals surface area contributed by atoms with Crippen LogP contribution in [0, 0.1) is 17.0 Å². The smallest absolute Gasteiger partial charge is 0.339 e. The van der Waals surface area contributed by atoms with Crippen LogP contribution >= 0.6 is 11.6 Å². The first-order valence-electron chi connectivity index (χ1n) is 8.30. The largest absolute Gasteiger partial charge is 0.460 e. The van der Waals surface area contributed by atoms with E-state index in [1.807, 2.05) is 31.2 Å². The van der Waals surface area contributed by atoms with Crippen LogP contribution in [0.5, 0.6) is 0 Å². The third-order valence-corrected chi connectivity index (χ3v) is 4.13. The number of ether oxygens (including phenoxy) is 1. The van der Waals surface area contributed by atoms with E-state index >= 15 is 0 Å². The molecule has 142 valence electrons. The van der Waals surface area contributed by atoms with Gasteiger partial charge in [0.1, 0.15) is 6.61 Å². The van der Waals surface area contributed by atoms with E-state index in [1.165, 1.54) is 12.1 Å². The van der Waals surface area contributed by atoms with E-state index in [0.717, 1.165) is 17.2 Å². The average molecular weight is 391 g/mol. The highest BCUT2D eigenvalue weighted by Crippen LogP contribution is 2.22. The van der Waals surface area contributed by atoms with Crippen LogP contribution in [0.2, 0.25) is 5.02 Å². The molecule has 0 saturated carbocycles. The van der Waals surface area contributed by atoms with E-state index in [0.29, 0.717) is 12.8 Å². The van der Waals surface area contributed by atoms with Crippen molar-refractivity contribution in [1.82, 2.24) is 5.32 Å². The molecule has 0 aliphatic rings. The minimum absolute atomic E-state index is 0.0614. The Morgan fingerprint density at radius 3 is 2.56 bits per heavy atom. The zero-order valence-corrected chi connectivity index (χ0v) is 15.5. The van der Waals surface area contributed by atoms with Crippen molar-refractivity contribution in [3.8, 4) is 0 Å². The number of carbonyl (C=O) groups excluding carboxylic acids is 2. The van der Waals surface area contributed by atoms with E-state index in [4.69, 9.17) is 16.3 Å². The van der Waals surface area contributed by atoms with E-state index in [-0.39, 0.29) is 35.3 Å². The van der Waals surface area contributed by atoms with Crippen LogP contribution in [0.4, 0.5) is 5.69 Å². The highest BCUT2D eigenvalue weighted by molar-refractivity contribution is 6.33. The summed E-state index contributed by atoms with van der Waals surface area (Å²) in [5, 5.41) is 13.5. The number of esters is 1. The lowest BCUT2D eigenvalue weighted by Gasteiger charge is -2.08. The molecule has 0 saturated heterocycles. The summed E-state index contributed by atoms with van der Waals surface area (Å²) < 4.78 is 5.01. The molecule has 2 aromatic carbocycles. The first kappa shape index (κ1) is 20.4. The molecule has 2 aromatic rings. The third-order valence-electron chi connectivity index (χ3n) is 3.80. The maximum atomic E-state index is 12.0. The molecule has 7 nitrogen and oxygen atoms in total. The number of nitrogens with zero attached hydrogens (tertiary/aromatic N) is 1. The van der Waals surface area contributed by atoms with Crippen molar-refractivity contribution >= 4 is 29.2 Å². The van der Waals surface area contributed by atoms with E-state index in [2.05, 4.69) is 5.32 Å². The maximum absolute atomic E-state index is 12.0. The van der Waals surface area contributed by atoms with Gasteiger partial charge in [0, 0.05) is 18.6 Å². The molecular formula is C19H19ClN2O5. The standard InChI is InChI=1S/C19H19ClN2O5/c1-13-2-4-14(5-3-13)6-9-18(23)21-10-11-27-19(24)16-12-15(22(25)26)7-8-17(16)20/h2-5,7-8,12H,6,9-11H2,1H3,(H,21,23). The number of nitro groups is 1. The third kappa shape index (κ3) is 6.38. The number of carbonyl (C=O) groups is 2. The van der Waals surface area contributed by atoms with Gasteiger partial charge in [-0.1, -0.05) is 41.4 Å². The van der Waals surface area contributed by atoms with Crippen molar-refractivity contribution in [2.24, 2.45) is 0 Å². The SMILES string of the molecule is Cc1ccc(CCC(=O)NCCOC(=O)c2cc([N+](=O)[O-])ccc2Cl)cc1. The molecule has 0 fully saturated rings. The van der Waals surface area contributed by atoms with Crippen molar-refractivity contribution in [1.29, 1.82) is 0 Å². The molecule has 0 radical (unpaired) electrons. The van der Waals surface area contributed by atoms with Crippen molar-refractivity contribution in [2.45, 2.75) is 19.8 Å². The molecule has 27 heavy (non-hydrogen) atoms. The molecule has 2 rings (SSSR count). The summed E-state index contributed by atoms with van der Waals surface area (Å²) >= 11 is 5.88. The van der Waals surface area contributed by atoms with Crippen molar-refractivity contribution < 1.29 is 19.2 Å². The zero-order chi connectivity index (χ0) is 19.8. The van der Waals surface area contributed by atoms with Crippen LogP contribution in [-0.4, -0.2) is 30.0 Å². The second-order valence-electron chi connectivity index (χ2n) is 5.89. The molecule has 0 heterocycles. The van der Waals surface area contributed by atoms with Gasteiger partial charge in [0.2, 0.25) is 5.91 Å². The van der Waals surface area contributed by atoms with Gasteiger partial charge >= 0.3 is 5.97 Å². The fourth-order valence-corrected chi connectivity index (χ4v) is 2.49. The number of rotatable bonds is 8. The molecule has 8 heteroatoms. The van der Waals surface area contributed by atoms with Crippen molar-refractivity contribution in [2.75, 3.05) is 13.2 Å². The molecule has 0 spiro atoms. The monoisotopic (exact) mass is 390 g/mol. The number of nitro benzene ring substituents is 1. The molecule has 0 bridgehead atoms. The van der Waals surface area contributed by atoms with Gasteiger partial charge in [-0.15, -0.1) is 0 Å². The predicted molar refractivity (Wildman–Crippen MR) is 101 cm³/mol. The molecular weight excluding hydrogens is 372 g/mol. The van der Waals surface area contributed by atoms with Crippen molar-refractivity contribution in [3.63, 3.8) is 0 Å². The number of benzene rings is 2. The first-order valence-corrected chi connectivity index (χ1v) is 8.68. The normalized spacial score (nSPS) is 10.3. The van der Waals surface area contributed by atoms with Gasteiger partial charge in [-0.3, -0.25) is 14.9 Å². The fraction of sp³-hybridized carbons (Fsp3) is 0.263. The lowest BCUT2D eigenvalue weighted by Crippen LogP contribution is -2.28. The number of non-ortho nitro benzene ring substituents is 1. The minimum Gasteiger partial charge on any atom is -0.460 e. The Balaban J connectivity index is 1.73. The Morgan fingerprint density at radius 1 is 1.19 bits per heavy atom. The van der Waals surface area contributed by atoms with E-state index in [1.54, 1.807) is 0 Å². The quantitative estimate of drug-likeness (QED) is 0.322. The van der Waals surface area contributed by atoms with Gasteiger partial charge in [0.25, 0.3) is 5.69 Å². The maximum Gasteiger partial charge on any atom is 0.339 e. The molecule has 0 atom stereocenters. The topological polar surface area (TPSA) is 98.5 Å². The second-order valence-corrected chi connectivity index (χ2v) is 6.30. The molecule has 0 aliphatic carbocycles. The Hall–Kier alpha value is -2.93. The molecule has 1 N–H and O–H groups in total. The van der Waals surface area contributed by atoms with Crippen molar-refractivity contribution in [3.05, 3.63) is 74.3 Å². The van der Waals surface area contributed by atoms with Crippen LogP contribution in [0.3, 0.4) is 0 Å². The van der Waals surface area contributed by atoms with Gasteiger partial charge in [-0.2, -0.15) is 0 Å². The first-order chi connectivity index (χ1) is 12.9. The highest BCUT2D eigenvalue weighted by Gasteiger charge is 2.17. The van der Waals surface area contributed by atoms with Crippen LogP contribution in [0.15, 0.2) is 42.5 Å². The number of halogens is 1. The van der Waals surface area contributed by atoms with Gasteiger partial charge in [-0.25, -0.2) is 4.79 Å². The zero-order valence-electron chi connectivity index (χ0n) is 14.7. The lowest BCUT2D eigenvalue weighted by atomic mass is 10.1. The summed E-state index contributed by atoms with van der Waals surface area (Å²) in [5.74, 6) is -0.933. The van der Waals surface area contributed by atoms with Crippen LogP contribution in [0.25, 0.3) is 0 Å². The number of hydrogen-bond donors (Lipinski definition) is 1. The Labute approximate surface area is 161 Å². The van der Waals surface area contributed by atoms with E-state index < -0.39 is 10.9 Å². The number of nitrogens with one attached hydrogen (secondary N) is 1. The van der Waals surface area contributed by atoms with Crippen LogP contribution in [-0.2, 0) is 16.0 Å². The molecule has 0 aromatic heterocycles. The summed E-state index contributed by atoms with van der Waals surface area (Å²) in [6.45, 7) is 2.08. The van der Waals surface area contributed by atoms with Crippen LogP contribution < -0.4 is 5.32 Å². The number of amides is 1. The average Bonchev–Trinajstić information content (AvgIpc) is 2.64. The Morgan fingerprint density at radius 2 is 1.89 bits per heavy atom. The van der Waals surface area contributed by atoms with Gasteiger partial charge < -0.3 is 10.1 Å².